The Morgan fingerprint density at radius 1 is 1.44 bits per heavy atom. The summed E-state index contributed by atoms with van der Waals surface area (Å²) in [6.45, 7) is 0.840. The molecular formula is C11H13FN2O2. The van der Waals surface area contributed by atoms with Gasteiger partial charge in [0.05, 0.1) is 4.92 Å². The van der Waals surface area contributed by atoms with E-state index in [1.54, 1.807) is 6.07 Å². The van der Waals surface area contributed by atoms with Crippen LogP contribution in [0.15, 0.2) is 18.2 Å². The summed E-state index contributed by atoms with van der Waals surface area (Å²) in [5.41, 5.74) is -0.0289. The van der Waals surface area contributed by atoms with Gasteiger partial charge in [0.2, 0.25) is 5.82 Å². The standard InChI is InChI=1S/C11H13FN2O2/c12-11-8(9-5-1-2-7-13-9)4-3-6-10(11)14(15)16/h3-4,6,9,13H,1-2,5,7H2. The van der Waals surface area contributed by atoms with Gasteiger partial charge in [0, 0.05) is 17.7 Å². The number of rotatable bonds is 2. The molecule has 0 saturated carbocycles. The number of halogens is 1. The van der Waals surface area contributed by atoms with Gasteiger partial charge in [-0.1, -0.05) is 18.6 Å². The lowest BCUT2D eigenvalue weighted by molar-refractivity contribution is -0.387. The normalized spacial score (nSPS) is 20.7. The van der Waals surface area contributed by atoms with Crippen molar-refractivity contribution < 1.29 is 9.31 Å². The van der Waals surface area contributed by atoms with Crippen molar-refractivity contribution in [1.82, 2.24) is 5.32 Å². The Morgan fingerprint density at radius 3 is 2.88 bits per heavy atom. The van der Waals surface area contributed by atoms with E-state index in [-0.39, 0.29) is 6.04 Å². The minimum atomic E-state index is -0.702. The third kappa shape index (κ3) is 2.04. The Bertz CT molecular complexity index is 403. The summed E-state index contributed by atoms with van der Waals surface area (Å²) in [7, 11) is 0. The van der Waals surface area contributed by atoms with E-state index in [1.807, 2.05) is 0 Å². The molecule has 0 spiro atoms. The molecule has 1 aromatic rings. The molecule has 0 aromatic heterocycles. The SMILES string of the molecule is O=[N+]([O-])c1cccc(C2CCCCN2)c1F. The largest absolute Gasteiger partial charge is 0.310 e. The van der Waals surface area contributed by atoms with Crippen molar-refractivity contribution in [3.8, 4) is 0 Å². The molecule has 0 radical (unpaired) electrons. The minimum absolute atomic E-state index is 0.0892. The third-order valence-corrected chi connectivity index (χ3v) is 2.89. The molecule has 1 aliphatic rings. The fourth-order valence-electron chi connectivity index (χ4n) is 2.06. The Labute approximate surface area is 92.6 Å². The van der Waals surface area contributed by atoms with Gasteiger partial charge < -0.3 is 5.32 Å². The van der Waals surface area contributed by atoms with Crippen LogP contribution in [0.1, 0.15) is 30.9 Å². The second-order valence-corrected chi connectivity index (χ2v) is 3.94. The molecule has 1 aromatic carbocycles. The first-order chi connectivity index (χ1) is 7.70. The Hall–Kier alpha value is -1.49. The second-order valence-electron chi connectivity index (χ2n) is 3.94. The van der Waals surface area contributed by atoms with Crippen LogP contribution in [-0.2, 0) is 0 Å². The highest BCUT2D eigenvalue weighted by molar-refractivity contribution is 5.38. The van der Waals surface area contributed by atoms with Crippen LogP contribution in [0.25, 0.3) is 0 Å². The van der Waals surface area contributed by atoms with Crippen molar-refractivity contribution in [2.24, 2.45) is 0 Å². The van der Waals surface area contributed by atoms with Gasteiger partial charge in [-0.2, -0.15) is 4.39 Å². The van der Waals surface area contributed by atoms with Crippen molar-refractivity contribution >= 4 is 5.69 Å². The van der Waals surface area contributed by atoms with E-state index in [9.17, 15) is 14.5 Å². The molecule has 1 aliphatic heterocycles. The van der Waals surface area contributed by atoms with Gasteiger partial charge in [0.25, 0.3) is 0 Å². The van der Waals surface area contributed by atoms with Crippen molar-refractivity contribution in [3.05, 3.63) is 39.7 Å². The lowest BCUT2D eigenvalue weighted by Crippen LogP contribution is -2.27. The van der Waals surface area contributed by atoms with Crippen LogP contribution in [0.5, 0.6) is 0 Å². The van der Waals surface area contributed by atoms with Gasteiger partial charge >= 0.3 is 5.69 Å². The monoisotopic (exact) mass is 224 g/mol. The summed E-state index contributed by atoms with van der Waals surface area (Å²) in [5, 5.41) is 13.8. The fourth-order valence-corrected chi connectivity index (χ4v) is 2.06. The van der Waals surface area contributed by atoms with E-state index < -0.39 is 16.4 Å². The van der Waals surface area contributed by atoms with Crippen molar-refractivity contribution in [3.63, 3.8) is 0 Å². The van der Waals surface area contributed by atoms with E-state index in [4.69, 9.17) is 0 Å². The van der Waals surface area contributed by atoms with Crippen LogP contribution in [0, 0.1) is 15.9 Å². The van der Waals surface area contributed by atoms with Crippen molar-refractivity contribution in [1.29, 1.82) is 0 Å². The lowest BCUT2D eigenvalue weighted by atomic mass is 9.97. The number of nitro groups is 1. The lowest BCUT2D eigenvalue weighted by Gasteiger charge is -2.23. The predicted octanol–water partition coefficient (Wildman–Crippen LogP) is 2.55. The molecule has 16 heavy (non-hydrogen) atoms. The van der Waals surface area contributed by atoms with Gasteiger partial charge in [-0.25, -0.2) is 0 Å². The number of piperidine rings is 1. The molecule has 0 bridgehead atoms. The van der Waals surface area contributed by atoms with Gasteiger partial charge in [-0.15, -0.1) is 0 Å². The smallest absolute Gasteiger partial charge is 0.305 e. The zero-order chi connectivity index (χ0) is 11.5. The molecule has 5 heteroatoms. The molecule has 4 nitrogen and oxygen atoms in total. The topological polar surface area (TPSA) is 55.2 Å². The number of hydrogen-bond acceptors (Lipinski definition) is 3. The number of benzene rings is 1. The van der Waals surface area contributed by atoms with Crippen LogP contribution in [0.2, 0.25) is 0 Å². The minimum Gasteiger partial charge on any atom is -0.310 e. The van der Waals surface area contributed by atoms with Gasteiger partial charge in [0.1, 0.15) is 0 Å². The van der Waals surface area contributed by atoms with E-state index in [2.05, 4.69) is 5.32 Å². The average molecular weight is 224 g/mol. The van der Waals surface area contributed by atoms with E-state index >= 15 is 0 Å². The first kappa shape index (κ1) is 11.0. The number of nitrogens with one attached hydrogen (secondary N) is 1. The molecule has 1 N–H and O–H groups in total. The summed E-state index contributed by atoms with van der Waals surface area (Å²) in [6, 6.07) is 4.26. The molecule has 86 valence electrons. The van der Waals surface area contributed by atoms with Crippen LogP contribution in [-0.4, -0.2) is 11.5 Å². The zero-order valence-corrected chi connectivity index (χ0v) is 8.78. The maximum Gasteiger partial charge on any atom is 0.305 e. The summed E-state index contributed by atoms with van der Waals surface area (Å²) in [6.07, 6.45) is 2.94. The maximum absolute atomic E-state index is 13.8. The fraction of sp³-hybridized carbons (Fsp3) is 0.455. The summed E-state index contributed by atoms with van der Waals surface area (Å²) >= 11 is 0. The number of nitro benzene ring substituents is 1. The number of nitrogens with zero attached hydrogens (tertiary/aromatic N) is 1. The highest BCUT2D eigenvalue weighted by Crippen LogP contribution is 2.29. The molecule has 1 atom stereocenters. The average Bonchev–Trinajstić information content (AvgIpc) is 2.30. The summed E-state index contributed by atoms with van der Waals surface area (Å²) < 4.78 is 13.8. The molecule has 2 rings (SSSR count). The maximum atomic E-state index is 13.8. The Kier molecular flexibility index (Phi) is 3.14. The molecule has 0 amide bonds. The summed E-state index contributed by atoms with van der Waals surface area (Å²) in [4.78, 5) is 9.92. The Balaban J connectivity index is 2.33. The molecule has 0 aliphatic carbocycles. The van der Waals surface area contributed by atoms with Crippen LogP contribution in [0.4, 0.5) is 10.1 Å². The highest BCUT2D eigenvalue weighted by Gasteiger charge is 2.23. The molecule has 1 saturated heterocycles. The molecule has 1 fully saturated rings. The van der Waals surface area contributed by atoms with Crippen LogP contribution >= 0.6 is 0 Å². The van der Waals surface area contributed by atoms with Crippen LogP contribution < -0.4 is 5.32 Å². The quantitative estimate of drug-likeness (QED) is 0.620. The van der Waals surface area contributed by atoms with E-state index in [0.29, 0.717) is 5.56 Å². The zero-order valence-electron chi connectivity index (χ0n) is 8.78. The molecular weight excluding hydrogens is 211 g/mol. The first-order valence-corrected chi connectivity index (χ1v) is 5.36. The van der Waals surface area contributed by atoms with E-state index in [0.717, 1.165) is 25.8 Å². The predicted molar refractivity (Wildman–Crippen MR) is 57.6 cm³/mol. The number of hydrogen-bond donors (Lipinski definition) is 1. The van der Waals surface area contributed by atoms with Gasteiger partial charge in [-0.05, 0) is 19.4 Å². The molecule has 1 unspecified atom stereocenters. The molecule has 1 heterocycles. The van der Waals surface area contributed by atoms with Crippen molar-refractivity contribution in [2.75, 3.05) is 6.54 Å². The highest BCUT2D eigenvalue weighted by atomic mass is 19.1. The van der Waals surface area contributed by atoms with Crippen molar-refractivity contribution in [2.45, 2.75) is 25.3 Å². The van der Waals surface area contributed by atoms with Gasteiger partial charge in [0.15, 0.2) is 0 Å². The van der Waals surface area contributed by atoms with Crippen LogP contribution in [0.3, 0.4) is 0 Å². The third-order valence-electron chi connectivity index (χ3n) is 2.89. The first-order valence-electron chi connectivity index (χ1n) is 5.36. The van der Waals surface area contributed by atoms with E-state index in [1.165, 1.54) is 12.1 Å². The summed E-state index contributed by atoms with van der Waals surface area (Å²) in [5.74, 6) is -0.702. The Morgan fingerprint density at radius 2 is 2.25 bits per heavy atom. The second kappa shape index (κ2) is 4.57. The van der Waals surface area contributed by atoms with Gasteiger partial charge in [-0.3, -0.25) is 10.1 Å².